The predicted molar refractivity (Wildman–Crippen MR) is 108 cm³/mol. The number of hydrogen-bond acceptors (Lipinski definition) is 5. The Bertz CT molecular complexity index is 1190. The summed E-state index contributed by atoms with van der Waals surface area (Å²) in [6.07, 6.45) is 2.57. The number of aromatic amines is 1. The Morgan fingerprint density at radius 1 is 1.24 bits per heavy atom. The van der Waals surface area contributed by atoms with Gasteiger partial charge in [-0.15, -0.1) is 4.74 Å². The van der Waals surface area contributed by atoms with Crippen LogP contribution in [0.15, 0.2) is 38.4 Å². The highest BCUT2D eigenvalue weighted by molar-refractivity contribution is 6.32. The number of benzene rings is 2. The fraction of sp³-hybridized carbons (Fsp3) is 0.333. The van der Waals surface area contributed by atoms with Crippen molar-refractivity contribution >= 4 is 11.6 Å². The number of fused-ring (bicyclic) bond motifs is 1. The van der Waals surface area contributed by atoms with Crippen LogP contribution in [-0.4, -0.2) is 14.8 Å². The molecule has 0 amide bonds. The molecule has 1 heterocycles. The highest BCUT2D eigenvalue weighted by atomic mass is 35.5. The van der Waals surface area contributed by atoms with Gasteiger partial charge in [0, 0.05) is 5.56 Å². The Kier molecular flexibility index (Phi) is 5.00. The molecule has 0 fully saturated rings. The van der Waals surface area contributed by atoms with Crippen LogP contribution in [0.2, 0.25) is 5.02 Å². The average Bonchev–Trinajstić information content (AvgIpc) is 3.26. The first-order valence-electron chi connectivity index (χ1n) is 9.48. The number of halogens is 1. The minimum atomic E-state index is -0.786. The highest BCUT2D eigenvalue weighted by Crippen LogP contribution is 2.42. The topological polar surface area (TPSA) is 97.5 Å². The van der Waals surface area contributed by atoms with Gasteiger partial charge in [0.2, 0.25) is 0 Å². The summed E-state index contributed by atoms with van der Waals surface area (Å²) in [5.74, 6) is 0.786. The van der Waals surface area contributed by atoms with E-state index in [0.717, 1.165) is 46.3 Å². The fourth-order valence-electron chi connectivity index (χ4n) is 3.80. The zero-order chi connectivity index (χ0) is 20.7. The van der Waals surface area contributed by atoms with Crippen LogP contribution in [0.5, 0.6) is 17.2 Å². The number of ether oxygens (including phenoxy) is 1. The standard InChI is InChI=1S/C21H21ClN2O5/c1-11(2)16-9-13(6-7-18(16)25)28-19-15-5-3-4-14(15)12(8-17(19)22)10-24-20(26)23-21(27)29-24/h6-9,11,25H,3-5,10H2,1-2H3,(H,23,26,27). The van der Waals surface area contributed by atoms with E-state index < -0.39 is 11.4 Å². The van der Waals surface area contributed by atoms with Crippen LogP contribution in [0, 0.1) is 0 Å². The van der Waals surface area contributed by atoms with E-state index in [2.05, 4.69) is 4.98 Å². The van der Waals surface area contributed by atoms with Gasteiger partial charge in [0.25, 0.3) is 0 Å². The van der Waals surface area contributed by atoms with Gasteiger partial charge in [0.05, 0.1) is 11.6 Å². The van der Waals surface area contributed by atoms with Gasteiger partial charge in [-0.3, -0.25) is 0 Å². The second-order valence-electron chi connectivity index (χ2n) is 7.48. The van der Waals surface area contributed by atoms with E-state index >= 15 is 0 Å². The van der Waals surface area contributed by atoms with Crippen molar-refractivity contribution in [2.45, 2.75) is 45.6 Å². The molecule has 0 saturated heterocycles. The summed E-state index contributed by atoms with van der Waals surface area (Å²) < 4.78 is 12.0. The first-order chi connectivity index (χ1) is 13.8. The molecule has 4 rings (SSSR count). The number of aromatic hydroxyl groups is 1. The molecule has 29 heavy (non-hydrogen) atoms. The van der Waals surface area contributed by atoms with E-state index in [-0.39, 0.29) is 18.2 Å². The van der Waals surface area contributed by atoms with Crippen molar-refractivity contribution in [1.29, 1.82) is 0 Å². The molecule has 1 aliphatic carbocycles. The van der Waals surface area contributed by atoms with E-state index in [9.17, 15) is 14.7 Å². The number of nitrogens with zero attached hydrogens (tertiary/aromatic N) is 1. The van der Waals surface area contributed by atoms with Gasteiger partial charge in [0.1, 0.15) is 17.2 Å². The maximum absolute atomic E-state index is 11.8. The minimum absolute atomic E-state index is 0.122. The van der Waals surface area contributed by atoms with Crippen LogP contribution in [0.3, 0.4) is 0 Å². The molecule has 0 atom stereocenters. The monoisotopic (exact) mass is 416 g/mol. The Labute approximate surface area is 171 Å². The fourth-order valence-corrected chi connectivity index (χ4v) is 4.08. The van der Waals surface area contributed by atoms with Gasteiger partial charge in [0.15, 0.2) is 0 Å². The molecule has 0 aliphatic heterocycles. The highest BCUT2D eigenvalue weighted by Gasteiger charge is 2.24. The molecule has 1 aromatic heterocycles. The van der Waals surface area contributed by atoms with Crippen LogP contribution in [-0.2, 0) is 19.4 Å². The van der Waals surface area contributed by atoms with Gasteiger partial charge < -0.3 is 14.4 Å². The third-order valence-corrected chi connectivity index (χ3v) is 5.46. The smallest absolute Gasteiger partial charge is 0.440 e. The minimum Gasteiger partial charge on any atom is -0.508 e. The number of nitrogens with one attached hydrogen (secondary N) is 1. The first-order valence-corrected chi connectivity index (χ1v) is 9.85. The maximum Gasteiger partial charge on any atom is 0.440 e. The third kappa shape index (κ3) is 3.70. The molecule has 0 spiro atoms. The predicted octanol–water partition coefficient (Wildman–Crippen LogP) is 3.94. The largest absolute Gasteiger partial charge is 0.508 e. The quantitative estimate of drug-likeness (QED) is 0.656. The summed E-state index contributed by atoms with van der Waals surface area (Å²) in [6.45, 7) is 4.12. The second kappa shape index (κ2) is 7.48. The van der Waals surface area contributed by atoms with Crippen molar-refractivity contribution in [3.8, 4) is 17.2 Å². The van der Waals surface area contributed by atoms with E-state index in [1.165, 1.54) is 0 Å². The summed E-state index contributed by atoms with van der Waals surface area (Å²) in [7, 11) is 0. The molecule has 0 radical (unpaired) electrons. The van der Waals surface area contributed by atoms with Crippen molar-refractivity contribution < 1.29 is 14.4 Å². The number of hydrogen-bond donors (Lipinski definition) is 2. The molecule has 2 N–H and O–H groups in total. The summed E-state index contributed by atoms with van der Waals surface area (Å²) in [6, 6.07) is 6.90. The zero-order valence-electron chi connectivity index (χ0n) is 16.1. The average molecular weight is 417 g/mol. The number of aromatic nitrogens is 2. The second-order valence-corrected chi connectivity index (χ2v) is 7.89. The van der Waals surface area contributed by atoms with E-state index in [1.54, 1.807) is 18.2 Å². The Balaban J connectivity index is 1.72. The number of rotatable bonds is 5. The molecule has 3 aromatic rings. The molecule has 0 unspecified atom stereocenters. The molecular formula is C21H21ClN2O5. The van der Waals surface area contributed by atoms with E-state index in [4.69, 9.17) is 20.9 Å². The van der Waals surface area contributed by atoms with Gasteiger partial charge in [-0.25, -0.2) is 14.6 Å². The van der Waals surface area contributed by atoms with Crippen LogP contribution in [0.25, 0.3) is 0 Å². The van der Waals surface area contributed by atoms with E-state index in [1.807, 2.05) is 19.9 Å². The van der Waals surface area contributed by atoms with Crippen molar-refractivity contribution in [3.63, 3.8) is 0 Å². The summed E-state index contributed by atoms with van der Waals surface area (Å²) >= 11 is 6.55. The molecule has 8 heteroatoms. The lowest BCUT2D eigenvalue weighted by atomic mass is 10.0. The lowest BCUT2D eigenvalue weighted by Gasteiger charge is -2.17. The normalized spacial score (nSPS) is 13.1. The third-order valence-electron chi connectivity index (χ3n) is 5.18. The molecule has 152 valence electrons. The maximum atomic E-state index is 11.8. The molecule has 0 bridgehead atoms. The first kappa shape index (κ1) is 19.4. The lowest BCUT2D eigenvalue weighted by Crippen LogP contribution is -2.18. The van der Waals surface area contributed by atoms with E-state index in [0.29, 0.717) is 16.5 Å². The molecule has 1 aliphatic rings. The van der Waals surface area contributed by atoms with Gasteiger partial charge >= 0.3 is 11.4 Å². The molecule has 0 saturated carbocycles. The molecule has 7 nitrogen and oxygen atoms in total. The summed E-state index contributed by atoms with van der Waals surface area (Å²) in [5.41, 5.74) is 3.09. The summed E-state index contributed by atoms with van der Waals surface area (Å²) in [4.78, 5) is 25.1. The Morgan fingerprint density at radius 3 is 2.69 bits per heavy atom. The number of phenols is 1. The van der Waals surface area contributed by atoms with Crippen molar-refractivity contribution in [1.82, 2.24) is 9.72 Å². The van der Waals surface area contributed by atoms with Crippen LogP contribution < -0.4 is 16.2 Å². The Morgan fingerprint density at radius 2 is 2.00 bits per heavy atom. The van der Waals surface area contributed by atoms with Crippen LogP contribution >= 0.6 is 11.6 Å². The van der Waals surface area contributed by atoms with Crippen molar-refractivity contribution in [3.05, 3.63) is 72.6 Å². The molecule has 2 aromatic carbocycles. The van der Waals surface area contributed by atoms with Gasteiger partial charge in [-0.1, -0.05) is 25.4 Å². The van der Waals surface area contributed by atoms with Gasteiger partial charge in [-0.2, -0.15) is 0 Å². The molecular weight excluding hydrogens is 396 g/mol. The zero-order valence-corrected chi connectivity index (χ0v) is 16.9. The Hall–Kier alpha value is -2.93. The van der Waals surface area contributed by atoms with Gasteiger partial charge in [-0.05, 0) is 66.1 Å². The summed E-state index contributed by atoms with van der Waals surface area (Å²) in [5, 5.41) is 10.5. The van der Waals surface area contributed by atoms with Crippen molar-refractivity contribution in [2.75, 3.05) is 0 Å². The SMILES string of the molecule is CC(C)c1cc(Oc2c(Cl)cc(Cn3oc(=O)[nH]c3=O)c3c2CCC3)ccc1O. The van der Waals surface area contributed by atoms with Crippen molar-refractivity contribution in [2.24, 2.45) is 0 Å². The number of phenolic OH excluding ortho intramolecular Hbond substituents is 1. The number of H-pyrrole nitrogens is 1. The van der Waals surface area contributed by atoms with Crippen LogP contribution in [0.4, 0.5) is 0 Å². The lowest BCUT2D eigenvalue weighted by molar-refractivity contribution is 0.257. The van der Waals surface area contributed by atoms with Crippen LogP contribution in [0.1, 0.15) is 48.4 Å².